The van der Waals surface area contributed by atoms with Gasteiger partial charge in [0.05, 0.1) is 13.0 Å². The third kappa shape index (κ3) is 4.21. The summed E-state index contributed by atoms with van der Waals surface area (Å²) in [5, 5.41) is 9.48. The number of amides is 1. The van der Waals surface area contributed by atoms with Crippen LogP contribution in [-0.4, -0.2) is 42.1 Å². The molecule has 0 bridgehead atoms. The predicted octanol–water partition coefficient (Wildman–Crippen LogP) is 2.65. The number of likely N-dealkylation sites (tertiary alicyclic amines) is 1. The van der Waals surface area contributed by atoms with E-state index in [1.165, 1.54) is 19.2 Å². The third-order valence-corrected chi connectivity index (χ3v) is 4.38. The van der Waals surface area contributed by atoms with Gasteiger partial charge in [-0.05, 0) is 37.0 Å². The topological polar surface area (TPSA) is 66.8 Å². The highest BCUT2D eigenvalue weighted by atomic mass is 19.1. The molecule has 5 nitrogen and oxygen atoms in total. The first-order chi connectivity index (χ1) is 10.9. The number of piperidine rings is 1. The third-order valence-electron chi connectivity index (χ3n) is 4.38. The number of rotatable bonds is 5. The van der Waals surface area contributed by atoms with Gasteiger partial charge in [0.15, 0.2) is 0 Å². The molecule has 1 saturated heterocycles. The van der Waals surface area contributed by atoms with Crippen LogP contribution in [0.3, 0.4) is 0 Å². The second-order valence-electron chi connectivity index (χ2n) is 6.04. The predicted molar refractivity (Wildman–Crippen MR) is 82.9 cm³/mol. The fraction of sp³-hybridized carbons (Fsp3) is 0.529. The second kappa shape index (κ2) is 7.44. The molecule has 1 amide bonds. The lowest BCUT2D eigenvalue weighted by Crippen LogP contribution is -2.39. The molecule has 1 aromatic rings. The Morgan fingerprint density at radius 3 is 2.61 bits per heavy atom. The molecule has 1 fully saturated rings. The minimum atomic E-state index is -1.16. The van der Waals surface area contributed by atoms with Crippen molar-refractivity contribution in [2.45, 2.75) is 32.1 Å². The highest BCUT2D eigenvalue weighted by Crippen LogP contribution is 2.31. The summed E-state index contributed by atoms with van der Waals surface area (Å²) in [5.41, 5.74) is 0.193. The maximum atomic E-state index is 13.5. The molecule has 1 heterocycles. The largest absolute Gasteiger partial charge is 0.496 e. The van der Waals surface area contributed by atoms with Gasteiger partial charge in [0, 0.05) is 25.1 Å². The fourth-order valence-corrected chi connectivity index (χ4v) is 2.87. The van der Waals surface area contributed by atoms with Gasteiger partial charge in [0.2, 0.25) is 5.91 Å². The van der Waals surface area contributed by atoms with Crippen LogP contribution in [0, 0.1) is 11.7 Å². The monoisotopic (exact) mass is 323 g/mol. The molecular weight excluding hydrogens is 301 g/mol. The molecule has 0 radical (unpaired) electrons. The van der Waals surface area contributed by atoms with Crippen molar-refractivity contribution in [1.82, 2.24) is 4.90 Å². The number of benzene rings is 1. The van der Waals surface area contributed by atoms with Crippen LogP contribution in [-0.2, 0) is 9.59 Å². The van der Waals surface area contributed by atoms with Crippen LogP contribution in [0.2, 0.25) is 0 Å². The second-order valence-corrected chi connectivity index (χ2v) is 6.04. The van der Waals surface area contributed by atoms with Gasteiger partial charge in [-0.15, -0.1) is 0 Å². The first-order valence-electron chi connectivity index (χ1n) is 7.76. The maximum Gasteiger partial charge on any atom is 0.311 e. The molecule has 1 aliphatic heterocycles. The molecule has 1 aromatic carbocycles. The molecular formula is C17H22FNO4. The van der Waals surface area contributed by atoms with Crippen LogP contribution in [0.25, 0.3) is 0 Å². The van der Waals surface area contributed by atoms with Crippen LogP contribution in [0.15, 0.2) is 18.2 Å². The van der Waals surface area contributed by atoms with E-state index in [0.717, 1.165) is 18.9 Å². The van der Waals surface area contributed by atoms with Gasteiger partial charge in [0.1, 0.15) is 11.6 Å². The Labute approximate surface area is 135 Å². The number of methoxy groups -OCH3 is 1. The van der Waals surface area contributed by atoms with Crippen LogP contribution in [0.1, 0.15) is 37.7 Å². The summed E-state index contributed by atoms with van der Waals surface area (Å²) < 4.78 is 18.6. The molecule has 1 unspecified atom stereocenters. The standard InChI is InChI=1S/C17H22FNO4/c1-11-5-7-19(8-6-11)16(20)10-14(17(21)22)13-9-12(18)3-4-15(13)23-2/h3-4,9,11,14H,5-8,10H2,1-2H3,(H,21,22). The van der Waals surface area contributed by atoms with Crippen LogP contribution < -0.4 is 4.74 Å². The lowest BCUT2D eigenvalue weighted by Gasteiger charge is -2.31. The highest BCUT2D eigenvalue weighted by molar-refractivity contribution is 5.86. The molecule has 6 heteroatoms. The van der Waals surface area contributed by atoms with E-state index < -0.39 is 17.7 Å². The Balaban J connectivity index is 2.18. The van der Waals surface area contributed by atoms with Gasteiger partial charge in [-0.3, -0.25) is 9.59 Å². The average molecular weight is 323 g/mol. The summed E-state index contributed by atoms with van der Waals surface area (Å²) in [6.45, 7) is 3.43. The summed E-state index contributed by atoms with van der Waals surface area (Å²) in [7, 11) is 1.39. The number of carboxylic acid groups (broad SMARTS) is 1. The number of aliphatic carboxylic acids is 1. The number of halogens is 1. The molecule has 1 N–H and O–H groups in total. The Morgan fingerprint density at radius 2 is 2.04 bits per heavy atom. The lowest BCUT2D eigenvalue weighted by molar-refractivity contribution is -0.143. The van der Waals surface area contributed by atoms with Gasteiger partial charge in [-0.25, -0.2) is 4.39 Å². The van der Waals surface area contributed by atoms with E-state index in [2.05, 4.69) is 6.92 Å². The van der Waals surface area contributed by atoms with Gasteiger partial charge in [0.25, 0.3) is 0 Å². The Morgan fingerprint density at radius 1 is 1.39 bits per heavy atom. The summed E-state index contributed by atoms with van der Waals surface area (Å²) in [5.74, 6) is -2.18. The molecule has 0 aromatic heterocycles. The van der Waals surface area contributed by atoms with Gasteiger partial charge in [-0.2, -0.15) is 0 Å². The van der Waals surface area contributed by atoms with Crippen molar-refractivity contribution in [2.75, 3.05) is 20.2 Å². The number of carbonyl (C=O) groups excluding carboxylic acids is 1. The summed E-state index contributed by atoms with van der Waals surface area (Å²) >= 11 is 0. The number of hydrogen-bond acceptors (Lipinski definition) is 3. The van der Waals surface area contributed by atoms with Crippen molar-refractivity contribution in [3.05, 3.63) is 29.6 Å². The SMILES string of the molecule is COc1ccc(F)cc1C(CC(=O)N1CCC(C)CC1)C(=O)O. The maximum absolute atomic E-state index is 13.5. The first kappa shape index (κ1) is 17.2. The Kier molecular flexibility index (Phi) is 5.58. The number of carbonyl (C=O) groups is 2. The van der Waals surface area contributed by atoms with Crippen molar-refractivity contribution in [3.63, 3.8) is 0 Å². The smallest absolute Gasteiger partial charge is 0.311 e. The molecule has 23 heavy (non-hydrogen) atoms. The Bertz CT molecular complexity index is 582. The van der Waals surface area contributed by atoms with E-state index in [-0.39, 0.29) is 23.6 Å². The van der Waals surface area contributed by atoms with Gasteiger partial charge >= 0.3 is 5.97 Å². The average Bonchev–Trinajstić information content (AvgIpc) is 2.52. The number of nitrogens with zero attached hydrogens (tertiary/aromatic N) is 1. The number of hydrogen-bond donors (Lipinski definition) is 1. The minimum Gasteiger partial charge on any atom is -0.496 e. The fourth-order valence-electron chi connectivity index (χ4n) is 2.87. The summed E-state index contributed by atoms with van der Waals surface area (Å²) in [6.07, 6.45) is 1.66. The Hall–Kier alpha value is -2.11. The zero-order chi connectivity index (χ0) is 17.0. The summed E-state index contributed by atoms with van der Waals surface area (Å²) in [4.78, 5) is 25.7. The van der Waals surface area contributed by atoms with Crippen molar-refractivity contribution in [1.29, 1.82) is 0 Å². The molecule has 1 atom stereocenters. The van der Waals surface area contributed by atoms with E-state index in [0.29, 0.717) is 19.0 Å². The van der Waals surface area contributed by atoms with Crippen molar-refractivity contribution in [2.24, 2.45) is 5.92 Å². The first-order valence-corrected chi connectivity index (χ1v) is 7.76. The van der Waals surface area contributed by atoms with Crippen LogP contribution in [0.4, 0.5) is 4.39 Å². The van der Waals surface area contributed by atoms with Gasteiger partial charge in [-0.1, -0.05) is 6.92 Å². The van der Waals surface area contributed by atoms with E-state index in [1.54, 1.807) is 4.90 Å². The molecule has 0 saturated carbocycles. The minimum absolute atomic E-state index is 0.191. The molecule has 0 spiro atoms. The zero-order valence-electron chi connectivity index (χ0n) is 13.4. The van der Waals surface area contributed by atoms with E-state index in [4.69, 9.17) is 4.74 Å². The van der Waals surface area contributed by atoms with Crippen LogP contribution in [0.5, 0.6) is 5.75 Å². The molecule has 1 aliphatic rings. The number of ether oxygens (including phenoxy) is 1. The van der Waals surface area contributed by atoms with Crippen molar-refractivity contribution < 1.29 is 23.8 Å². The molecule has 126 valence electrons. The van der Waals surface area contributed by atoms with E-state index in [1.807, 2.05) is 0 Å². The van der Waals surface area contributed by atoms with Crippen molar-refractivity contribution in [3.8, 4) is 5.75 Å². The van der Waals surface area contributed by atoms with Gasteiger partial charge < -0.3 is 14.7 Å². The zero-order valence-corrected chi connectivity index (χ0v) is 13.4. The van der Waals surface area contributed by atoms with E-state index in [9.17, 15) is 19.1 Å². The normalized spacial score (nSPS) is 16.9. The molecule has 0 aliphatic carbocycles. The summed E-state index contributed by atoms with van der Waals surface area (Å²) in [6, 6.07) is 3.71. The highest BCUT2D eigenvalue weighted by Gasteiger charge is 2.30. The van der Waals surface area contributed by atoms with E-state index >= 15 is 0 Å². The quantitative estimate of drug-likeness (QED) is 0.904. The molecule has 2 rings (SSSR count). The van der Waals surface area contributed by atoms with Crippen LogP contribution >= 0.6 is 0 Å². The number of carboxylic acids is 1. The lowest BCUT2D eigenvalue weighted by atomic mass is 9.93. The van der Waals surface area contributed by atoms with Crippen molar-refractivity contribution >= 4 is 11.9 Å².